The molecule has 0 bridgehead atoms. The molecule has 0 heterocycles. The smallest absolute Gasteiger partial charge is 0.294 e. The van der Waals surface area contributed by atoms with Gasteiger partial charge in [0, 0.05) is 10.6 Å². The summed E-state index contributed by atoms with van der Waals surface area (Å²) in [4.78, 5) is 0.691. The van der Waals surface area contributed by atoms with Gasteiger partial charge < -0.3 is 10.8 Å². The maximum absolute atomic E-state index is 11.0. The molecular weight excluding hydrogens is 334 g/mol. The number of anilines is 1. The molecule has 2 rings (SSSR count). The molecule has 0 atom stereocenters. The fourth-order valence-electron chi connectivity index (χ4n) is 1.92. The summed E-state index contributed by atoms with van der Waals surface area (Å²) in [5.74, 6) is 0.0426. The normalized spacial score (nSPS) is 11.0. The molecule has 4 N–H and O–H groups in total. The van der Waals surface area contributed by atoms with Crippen molar-refractivity contribution in [2.45, 2.75) is 36.5 Å². The Morgan fingerprint density at radius 3 is 2.13 bits per heavy atom. The highest BCUT2D eigenvalue weighted by molar-refractivity contribution is 7.85. The van der Waals surface area contributed by atoms with E-state index in [1.807, 2.05) is 38.1 Å². The zero-order chi connectivity index (χ0) is 17.8. The fourth-order valence-corrected chi connectivity index (χ4v) is 2.82. The minimum absolute atomic E-state index is 0.00824. The molecule has 7 heteroatoms. The van der Waals surface area contributed by atoms with Crippen LogP contribution in [-0.4, -0.2) is 18.1 Å². The number of benzene rings is 2. The van der Waals surface area contributed by atoms with Crippen LogP contribution in [0.4, 0.5) is 5.69 Å². The lowest BCUT2D eigenvalue weighted by Gasteiger charge is -2.11. The number of phenolic OH excluding ortho intramolecular Hbond substituents is 1. The third-order valence-corrected chi connectivity index (χ3v) is 4.56. The summed E-state index contributed by atoms with van der Waals surface area (Å²) < 4.78 is 31.0. The zero-order valence-electron chi connectivity index (χ0n) is 13.2. The summed E-state index contributed by atoms with van der Waals surface area (Å²) in [6, 6.07) is 10.1. The Labute approximate surface area is 142 Å². The lowest BCUT2D eigenvalue weighted by atomic mass is 10.0. The first-order valence-electron chi connectivity index (χ1n) is 6.88. The first-order valence-corrected chi connectivity index (χ1v) is 8.77. The predicted molar refractivity (Wildman–Crippen MR) is 94.9 cm³/mol. The second-order valence-corrected chi connectivity index (χ2v) is 7.24. The number of nitrogens with two attached hydrogens (primary N) is 1. The highest BCUT2D eigenvalue weighted by atomic mass is 32.2. The van der Waals surface area contributed by atoms with Crippen molar-refractivity contribution < 1.29 is 18.1 Å². The van der Waals surface area contributed by atoms with Gasteiger partial charge in [-0.1, -0.05) is 26.0 Å². The Hall–Kier alpha value is -1.70. The zero-order valence-corrected chi connectivity index (χ0v) is 14.9. The average Bonchev–Trinajstić information content (AvgIpc) is 2.41. The van der Waals surface area contributed by atoms with Crippen LogP contribution in [0.5, 0.6) is 5.75 Å². The van der Waals surface area contributed by atoms with E-state index in [-0.39, 0.29) is 16.6 Å². The molecule has 0 fully saturated rings. The van der Waals surface area contributed by atoms with E-state index in [4.69, 9.17) is 10.3 Å². The molecule has 0 saturated heterocycles. The SMILES string of the molecule is Cc1cc(O)c(C(C)C)cc1S(=O)(=O)O.Nc1ccccc1S. The molecule has 0 spiro atoms. The highest BCUT2D eigenvalue weighted by Crippen LogP contribution is 2.30. The Balaban J connectivity index is 0.000000277. The van der Waals surface area contributed by atoms with Crippen molar-refractivity contribution in [2.24, 2.45) is 0 Å². The summed E-state index contributed by atoms with van der Waals surface area (Å²) in [5.41, 5.74) is 7.02. The molecule has 5 nitrogen and oxygen atoms in total. The molecule has 0 radical (unpaired) electrons. The van der Waals surface area contributed by atoms with Crippen LogP contribution in [0.15, 0.2) is 46.2 Å². The lowest BCUT2D eigenvalue weighted by molar-refractivity contribution is 0.461. The second kappa shape index (κ2) is 7.72. The molecule has 0 aliphatic heterocycles. The van der Waals surface area contributed by atoms with Gasteiger partial charge in [-0.05, 0) is 48.2 Å². The van der Waals surface area contributed by atoms with Crippen LogP contribution in [0.1, 0.15) is 30.9 Å². The van der Waals surface area contributed by atoms with E-state index in [0.717, 1.165) is 10.6 Å². The molecule has 0 aromatic heterocycles. The van der Waals surface area contributed by atoms with Crippen molar-refractivity contribution in [3.63, 3.8) is 0 Å². The topological polar surface area (TPSA) is 101 Å². The molecule has 0 amide bonds. The third-order valence-electron chi connectivity index (χ3n) is 3.16. The average molecular weight is 355 g/mol. The van der Waals surface area contributed by atoms with E-state index in [2.05, 4.69) is 12.6 Å². The quantitative estimate of drug-likeness (QED) is 0.374. The van der Waals surface area contributed by atoms with Crippen molar-refractivity contribution in [1.29, 1.82) is 0 Å². The number of rotatable bonds is 2. The van der Waals surface area contributed by atoms with Gasteiger partial charge in [0.2, 0.25) is 0 Å². The van der Waals surface area contributed by atoms with Gasteiger partial charge in [0.05, 0.1) is 4.90 Å². The first kappa shape index (κ1) is 19.3. The molecule has 23 heavy (non-hydrogen) atoms. The van der Waals surface area contributed by atoms with E-state index in [1.54, 1.807) is 0 Å². The van der Waals surface area contributed by atoms with Gasteiger partial charge in [0.25, 0.3) is 10.1 Å². The van der Waals surface area contributed by atoms with Crippen molar-refractivity contribution in [2.75, 3.05) is 5.73 Å². The molecular formula is C16H21NO4S2. The van der Waals surface area contributed by atoms with Crippen molar-refractivity contribution in [3.8, 4) is 5.75 Å². The highest BCUT2D eigenvalue weighted by Gasteiger charge is 2.17. The van der Waals surface area contributed by atoms with Gasteiger partial charge in [0.15, 0.2) is 0 Å². The van der Waals surface area contributed by atoms with Crippen LogP contribution >= 0.6 is 12.6 Å². The minimum Gasteiger partial charge on any atom is -0.508 e. The van der Waals surface area contributed by atoms with Crippen molar-refractivity contribution in [3.05, 3.63) is 47.5 Å². The van der Waals surface area contributed by atoms with Crippen molar-refractivity contribution in [1.82, 2.24) is 0 Å². The summed E-state index contributed by atoms with van der Waals surface area (Å²) in [6.45, 7) is 5.18. The summed E-state index contributed by atoms with van der Waals surface area (Å²) in [5, 5.41) is 9.58. The monoisotopic (exact) mass is 355 g/mol. The van der Waals surface area contributed by atoms with E-state index in [9.17, 15) is 13.5 Å². The number of para-hydroxylation sites is 1. The Morgan fingerprint density at radius 1 is 1.17 bits per heavy atom. The van der Waals surface area contributed by atoms with Crippen molar-refractivity contribution >= 4 is 28.4 Å². The largest absolute Gasteiger partial charge is 0.508 e. The molecule has 126 valence electrons. The van der Waals surface area contributed by atoms with Crippen LogP contribution < -0.4 is 5.73 Å². The maximum atomic E-state index is 11.0. The Bertz CT molecular complexity index is 766. The molecule has 2 aromatic carbocycles. The minimum atomic E-state index is -4.22. The van der Waals surface area contributed by atoms with E-state index in [1.165, 1.54) is 19.1 Å². The van der Waals surface area contributed by atoms with Crippen LogP contribution in [0.2, 0.25) is 0 Å². The van der Waals surface area contributed by atoms with Crippen LogP contribution in [0.25, 0.3) is 0 Å². The van der Waals surface area contributed by atoms with E-state index >= 15 is 0 Å². The predicted octanol–water partition coefficient (Wildman–Crippen LogP) is 3.63. The lowest BCUT2D eigenvalue weighted by Crippen LogP contribution is -2.03. The van der Waals surface area contributed by atoms with Gasteiger partial charge in [-0.3, -0.25) is 4.55 Å². The number of aromatic hydroxyl groups is 1. The van der Waals surface area contributed by atoms with E-state index < -0.39 is 10.1 Å². The molecule has 0 aliphatic carbocycles. The Morgan fingerprint density at radius 2 is 1.74 bits per heavy atom. The summed E-state index contributed by atoms with van der Waals surface area (Å²) in [7, 11) is -4.22. The molecule has 0 saturated carbocycles. The van der Waals surface area contributed by atoms with Gasteiger partial charge in [-0.25, -0.2) is 0 Å². The van der Waals surface area contributed by atoms with Gasteiger partial charge in [-0.15, -0.1) is 12.6 Å². The standard InChI is InChI=1S/C10H14O4S.C6H7NS/c1-6(2)8-5-10(15(12,13)14)7(3)4-9(8)11;7-5-3-1-2-4-6(5)8/h4-6,11H,1-3H3,(H,12,13,14);1-4,8H,7H2. The summed E-state index contributed by atoms with van der Waals surface area (Å²) >= 11 is 4.07. The fraction of sp³-hybridized carbons (Fsp3) is 0.250. The number of hydrogen-bond donors (Lipinski definition) is 4. The van der Waals surface area contributed by atoms with Crippen LogP contribution in [0, 0.1) is 6.92 Å². The molecule has 2 aromatic rings. The Kier molecular flexibility index (Phi) is 6.49. The maximum Gasteiger partial charge on any atom is 0.294 e. The molecule has 0 unspecified atom stereocenters. The summed E-state index contributed by atoms with van der Waals surface area (Å²) in [6.07, 6.45) is 0. The third kappa shape index (κ3) is 5.46. The number of nitrogen functional groups attached to an aromatic ring is 1. The number of aryl methyl sites for hydroxylation is 1. The van der Waals surface area contributed by atoms with E-state index in [0.29, 0.717) is 11.1 Å². The number of hydrogen-bond acceptors (Lipinski definition) is 5. The van der Waals surface area contributed by atoms with Crippen LogP contribution in [-0.2, 0) is 10.1 Å². The van der Waals surface area contributed by atoms with Crippen LogP contribution in [0.3, 0.4) is 0 Å². The number of phenols is 1. The van der Waals surface area contributed by atoms with Gasteiger partial charge in [-0.2, -0.15) is 8.42 Å². The first-order chi connectivity index (χ1) is 10.5. The van der Waals surface area contributed by atoms with Gasteiger partial charge in [0.1, 0.15) is 5.75 Å². The number of thiol groups is 1. The molecule has 0 aliphatic rings. The van der Waals surface area contributed by atoms with Gasteiger partial charge >= 0.3 is 0 Å². The second-order valence-electron chi connectivity index (χ2n) is 5.37.